The van der Waals surface area contributed by atoms with E-state index in [4.69, 9.17) is 0 Å². The maximum absolute atomic E-state index is 13.7. The molecule has 0 bridgehead atoms. The fourth-order valence-electron chi connectivity index (χ4n) is 1.77. The second-order valence-corrected chi connectivity index (χ2v) is 4.53. The fourth-order valence-corrected chi connectivity index (χ4v) is 1.77. The van der Waals surface area contributed by atoms with Crippen LogP contribution in [0.15, 0.2) is 36.5 Å². The number of carbonyl (C=O) groups is 1. The van der Waals surface area contributed by atoms with Gasteiger partial charge >= 0.3 is 0 Å². The molecule has 1 aromatic carbocycles. The molecule has 0 aliphatic heterocycles. The molecule has 0 aliphatic carbocycles. The van der Waals surface area contributed by atoms with E-state index >= 15 is 0 Å². The van der Waals surface area contributed by atoms with E-state index in [1.807, 2.05) is 0 Å². The largest absolute Gasteiger partial charge is 0.342 e. The van der Waals surface area contributed by atoms with Crippen molar-refractivity contribution >= 4 is 5.91 Å². The minimum Gasteiger partial charge on any atom is -0.342 e. The number of halogens is 1. The molecule has 0 aliphatic rings. The molecule has 1 aromatic heterocycles. The molecule has 94 valence electrons. The number of hydrogen-bond donors (Lipinski definition) is 2. The van der Waals surface area contributed by atoms with Crippen molar-refractivity contribution in [2.45, 2.75) is 19.4 Å². The van der Waals surface area contributed by atoms with E-state index in [0.717, 1.165) is 0 Å². The summed E-state index contributed by atoms with van der Waals surface area (Å²) in [6, 6.07) is 7.95. The Hall–Kier alpha value is -2.17. The van der Waals surface area contributed by atoms with Gasteiger partial charge in [-0.25, -0.2) is 4.39 Å². The van der Waals surface area contributed by atoms with Gasteiger partial charge in [0.25, 0.3) is 5.91 Å². The molecular formula is C13H14FN3O. The van der Waals surface area contributed by atoms with Gasteiger partial charge in [-0.2, -0.15) is 5.10 Å². The molecular weight excluding hydrogens is 233 g/mol. The van der Waals surface area contributed by atoms with Gasteiger partial charge in [-0.15, -0.1) is 0 Å². The molecule has 0 spiro atoms. The SMILES string of the molecule is CC(C)(NC(=O)c1ccn[nH]1)c1ccccc1F. The first-order valence-corrected chi connectivity index (χ1v) is 5.57. The first-order valence-electron chi connectivity index (χ1n) is 5.57. The summed E-state index contributed by atoms with van der Waals surface area (Å²) in [5, 5.41) is 9.04. The van der Waals surface area contributed by atoms with Crippen LogP contribution in [-0.4, -0.2) is 16.1 Å². The zero-order valence-electron chi connectivity index (χ0n) is 10.2. The summed E-state index contributed by atoms with van der Waals surface area (Å²) >= 11 is 0. The highest BCUT2D eigenvalue weighted by molar-refractivity contribution is 5.92. The van der Waals surface area contributed by atoms with Crippen LogP contribution in [0.1, 0.15) is 29.9 Å². The predicted octanol–water partition coefficient (Wildman–Crippen LogP) is 2.21. The van der Waals surface area contributed by atoms with Gasteiger partial charge in [0.15, 0.2) is 0 Å². The third kappa shape index (κ3) is 2.40. The second kappa shape index (κ2) is 4.60. The Morgan fingerprint density at radius 1 is 1.33 bits per heavy atom. The van der Waals surface area contributed by atoms with E-state index in [1.165, 1.54) is 12.3 Å². The number of nitrogens with zero attached hydrogens (tertiary/aromatic N) is 1. The number of hydrogen-bond acceptors (Lipinski definition) is 2. The molecule has 0 saturated carbocycles. The van der Waals surface area contributed by atoms with Crippen LogP contribution >= 0.6 is 0 Å². The van der Waals surface area contributed by atoms with E-state index in [9.17, 15) is 9.18 Å². The summed E-state index contributed by atoms with van der Waals surface area (Å²) in [5.41, 5.74) is -0.00893. The van der Waals surface area contributed by atoms with Crippen LogP contribution in [0.4, 0.5) is 4.39 Å². The highest BCUT2D eigenvalue weighted by atomic mass is 19.1. The highest BCUT2D eigenvalue weighted by Gasteiger charge is 2.26. The zero-order chi connectivity index (χ0) is 13.2. The number of H-pyrrole nitrogens is 1. The van der Waals surface area contributed by atoms with Crippen molar-refractivity contribution in [3.8, 4) is 0 Å². The lowest BCUT2D eigenvalue weighted by atomic mass is 9.93. The molecule has 4 nitrogen and oxygen atoms in total. The number of aromatic nitrogens is 2. The Bertz CT molecular complexity index is 549. The molecule has 0 radical (unpaired) electrons. The van der Waals surface area contributed by atoms with E-state index in [2.05, 4.69) is 15.5 Å². The lowest BCUT2D eigenvalue weighted by molar-refractivity contribution is 0.0905. The lowest BCUT2D eigenvalue weighted by Gasteiger charge is -2.27. The van der Waals surface area contributed by atoms with E-state index < -0.39 is 5.54 Å². The molecule has 0 atom stereocenters. The van der Waals surface area contributed by atoms with Crippen LogP contribution in [-0.2, 0) is 5.54 Å². The van der Waals surface area contributed by atoms with Crippen molar-refractivity contribution in [1.29, 1.82) is 0 Å². The quantitative estimate of drug-likeness (QED) is 0.873. The van der Waals surface area contributed by atoms with Gasteiger partial charge in [0.05, 0.1) is 5.54 Å². The minimum absolute atomic E-state index is 0.319. The van der Waals surface area contributed by atoms with Crippen molar-refractivity contribution in [2.75, 3.05) is 0 Å². The van der Waals surface area contributed by atoms with Crippen LogP contribution in [0.3, 0.4) is 0 Å². The van der Waals surface area contributed by atoms with Crippen LogP contribution in [0, 0.1) is 5.82 Å². The van der Waals surface area contributed by atoms with Crippen LogP contribution in [0.2, 0.25) is 0 Å². The summed E-state index contributed by atoms with van der Waals surface area (Å²) in [5.74, 6) is -0.659. The Morgan fingerprint density at radius 2 is 2.06 bits per heavy atom. The monoisotopic (exact) mass is 247 g/mol. The van der Waals surface area contributed by atoms with Gasteiger partial charge in [0.1, 0.15) is 11.5 Å². The smallest absolute Gasteiger partial charge is 0.269 e. The standard InChI is InChI=1S/C13H14FN3O/c1-13(2,9-5-3-4-6-10(9)14)16-12(18)11-7-8-15-17-11/h3-8H,1-2H3,(H,15,17)(H,16,18). The predicted molar refractivity (Wildman–Crippen MR) is 65.5 cm³/mol. The number of nitrogens with one attached hydrogen (secondary N) is 2. The number of carbonyl (C=O) groups excluding carboxylic acids is 1. The van der Waals surface area contributed by atoms with E-state index in [1.54, 1.807) is 38.1 Å². The fraction of sp³-hybridized carbons (Fsp3) is 0.231. The molecule has 5 heteroatoms. The molecule has 1 amide bonds. The van der Waals surface area contributed by atoms with Gasteiger partial charge in [-0.3, -0.25) is 9.89 Å². The summed E-state index contributed by atoms with van der Waals surface area (Å²) < 4.78 is 13.7. The van der Waals surface area contributed by atoms with E-state index in [-0.39, 0.29) is 11.7 Å². The van der Waals surface area contributed by atoms with Crippen molar-refractivity contribution in [3.05, 3.63) is 53.6 Å². The normalized spacial score (nSPS) is 11.3. The van der Waals surface area contributed by atoms with Crippen molar-refractivity contribution < 1.29 is 9.18 Å². The van der Waals surface area contributed by atoms with Crippen molar-refractivity contribution in [1.82, 2.24) is 15.5 Å². The van der Waals surface area contributed by atoms with Gasteiger partial charge in [0.2, 0.25) is 0 Å². The van der Waals surface area contributed by atoms with Crippen LogP contribution in [0.25, 0.3) is 0 Å². The molecule has 1 heterocycles. The molecule has 2 aromatic rings. The summed E-state index contributed by atoms with van der Waals surface area (Å²) in [6.45, 7) is 3.50. The molecule has 0 saturated heterocycles. The van der Waals surface area contributed by atoms with Gasteiger partial charge in [-0.1, -0.05) is 18.2 Å². The Morgan fingerprint density at radius 3 is 2.67 bits per heavy atom. The molecule has 2 rings (SSSR count). The Labute approximate surface area is 104 Å². The maximum atomic E-state index is 13.7. The zero-order valence-corrected chi connectivity index (χ0v) is 10.2. The van der Waals surface area contributed by atoms with Crippen molar-refractivity contribution in [3.63, 3.8) is 0 Å². The highest BCUT2D eigenvalue weighted by Crippen LogP contribution is 2.23. The van der Waals surface area contributed by atoms with Gasteiger partial charge < -0.3 is 5.32 Å². The van der Waals surface area contributed by atoms with Gasteiger partial charge in [-0.05, 0) is 26.0 Å². The van der Waals surface area contributed by atoms with Crippen LogP contribution in [0.5, 0.6) is 0 Å². The topological polar surface area (TPSA) is 57.8 Å². The minimum atomic E-state index is -0.798. The Kier molecular flexibility index (Phi) is 3.14. The third-order valence-corrected chi connectivity index (χ3v) is 2.72. The lowest BCUT2D eigenvalue weighted by Crippen LogP contribution is -2.41. The molecule has 0 fully saturated rings. The number of aromatic amines is 1. The summed E-state index contributed by atoms with van der Waals surface area (Å²) in [4.78, 5) is 11.9. The van der Waals surface area contributed by atoms with Gasteiger partial charge in [0, 0.05) is 11.8 Å². The number of amides is 1. The average molecular weight is 247 g/mol. The average Bonchev–Trinajstić information content (AvgIpc) is 2.82. The summed E-state index contributed by atoms with van der Waals surface area (Å²) in [7, 11) is 0. The Balaban J connectivity index is 2.22. The molecule has 0 unspecified atom stereocenters. The number of rotatable bonds is 3. The van der Waals surface area contributed by atoms with E-state index in [0.29, 0.717) is 11.3 Å². The third-order valence-electron chi connectivity index (χ3n) is 2.72. The number of benzene rings is 1. The first kappa shape index (κ1) is 12.3. The second-order valence-electron chi connectivity index (χ2n) is 4.53. The summed E-state index contributed by atoms with van der Waals surface area (Å²) in [6.07, 6.45) is 1.49. The molecule has 18 heavy (non-hydrogen) atoms. The van der Waals surface area contributed by atoms with Crippen LogP contribution < -0.4 is 5.32 Å². The maximum Gasteiger partial charge on any atom is 0.269 e. The first-order chi connectivity index (χ1) is 8.50. The van der Waals surface area contributed by atoms with Crippen molar-refractivity contribution in [2.24, 2.45) is 0 Å². The molecule has 2 N–H and O–H groups in total.